The number of halogens is 1. The number of hydrogen-bond acceptors (Lipinski definition) is 8. The number of benzene rings is 3. The standard InChI is InChI=1S/C21H16ClN5O6S/c22-16-7-9-17(10-8-16)25-34(32,33)18-11-12-19(21(14-18)27(30)31)24-23-13-3-5-15-4-1-2-6-20(15)26(28)29/h1-14,24-25H. The first kappa shape index (κ1) is 24.4. The van der Waals surface area contributed by atoms with E-state index < -0.39 is 25.6 Å². The normalized spacial score (nSPS) is 11.6. The van der Waals surface area contributed by atoms with Crippen LogP contribution in [0.15, 0.2) is 82.8 Å². The van der Waals surface area contributed by atoms with Gasteiger partial charge in [-0.3, -0.25) is 30.4 Å². The van der Waals surface area contributed by atoms with Gasteiger partial charge < -0.3 is 0 Å². The minimum Gasteiger partial charge on any atom is -0.280 e. The highest BCUT2D eigenvalue weighted by molar-refractivity contribution is 7.92. The first-order chi connectivity index (χ1) is 16.2. The zero-order valence-corrected chi connectivity index (χ0v) is 18.7. The highest BCUT2D eigenvalue weighted by atomic mass is 35.5. The lowest BCUT2D eigenvalue weighted by Crippen LogP contribution is -2.13. The van der Waals surface area contributed by atoms with Crippen LogP contribution in [0.4, 0.5) is 22.7 Å². The molecule has 13 heteroatoms. The molecule has 0 amide bonds. The van der Waals surface area contributed by atoms with Gasteiger partial charge in [0.1, 0.15) is 5.69 Å². The van der Waals surface area contributed by atoms with Gasteiger partial charge in [-0.1, -0.05) is 23.7 Å². The Balaban J connectivity index is 1.76. The SMILES string of the molecule is O=[N+]([O-])c1ccccc1C=CC=NNc1ccc(S(=O)(=O)Nc2ccc(Cl)cc2)cc1[N+](=O)[O-]. The van der Waals surface area contributed by atoms with E-state index in [1.54, 1.807) is 18.2 Å². The number of nitrogens with zero attached hydrogens (tertiary/aromatic N) is 3. The number of para-hydroxylation sites is 1. The van der Waals surface area contributed by atoms with Crippen LogP contribution in [-0.2, 0) is 10.0 Å². The van der Waals surface area contributed by atoms with Crippen molar-refractivity contribution in [2.75, 3.05) is 10.1 Å². The summed E-state index contributed by atoms with van der Waals surface area (Å²) in [4.78, 5) is 20.9. The van der Waals surface area contributed by atoms with Crippen molar-refractivity contribution in [3.05, 3.63) is 104 Å². The molecule has 0 bridgehead atoms. The molecule has 0 spiro atoms. The smallest absolute Gasteiger partial charge is 0.280 e. The van der Waals surface area contributed by atoms with Crippen LogP contribution < -0.4 is 10.1 Å². The van der Waals surface area contributed by atoms with Gasteiger partial charge in [-0.2, -0.15) is 5.10 Å². The summed E-state index contributed by atoms with van der Waals surface area (Å²) in [6.07, 6.45) is 4.11. The van der Waals surface area contributed by atoms with E-state index in [2.05, 4.69) is 15.2 Å². The van der Waals surface area contributed by atoms with E-state index in [-0.39, 0.29) is 22.0 Å². The third kappa shape index (κ3) is 6.15. The number of nitro groups is 2. The third-order valence-corrected chi connectivity index (χ3v) is 5.96. The minimum atomic E-state index is -4.10. The molecule has 0 fully saturated rings. The average Bonchev–Trinajstić information content (AvgIpc) is 2.80. The highest BCUT2D eigenvalue weighted by Crippen LogP contribution is 2.29. The molecule has 11 nitrogen and oxygen atoms in total. The van der Waals surface area contributed by atoms with E-state index in [0.717, 1.165) is 6.07 Å². The number of hydrazone groups is 1. The molecule has 0 aliphatic heterocycles. The number of sulfonamides is 1. The van der Waals surface area contributed by atoms with Crippen LogP contribution in [0, 0.1) is 20.2 Å². The maximum absolute atomic E-state index is 12.6. The Kier molecular flexibility index (Phi) is 7.56. The molecule has 0 heterocycles. The van der Waals surface area contributed by atoms with Crippen LogP contribution in [0.25, 0.3) is 6.08 Å². The van der Waals surface area contributed by atoms with Crippen molar-refractivity contribution in [1.82, 2.24) is 0 Å². The second-order valence-electron chi connectivity index (χ2n) is 6.61. The number of nitro benzene ring substituents is 2. The lowest BCUT2D eigenvalue weighted by Gasteiger charge is -2.09. The summed E-state index contributed by atoms with van der Waals surface area (Å²) in [6, 6.07) is 15.3. The molecule has 2 N–H and O–H groups in total. The van der Waals surface area contributed by atoms with E-state index in [1.807, 2.05) is 0 Å². The molecule has 34 heavy (non-hydrogen) atoms. The van der Waals surface area contributed by atoms with Gasteiger partial charge in [0.05, 0.1) is 20.3 Å². The number of hydrogen-bond donors (Lipinski definition) is 2. The lowest BCUT2D eigenvalue weighted by molar-refractivity contribution is -0.385. The molecule has 3 aromatic carbocycles. The van der Waals surface area contributed by atoms with E-state index in [4.69, 9.17) is 11.6 Å². The van der Waals surface area contributed by atoms with Gasteiger partial charge in [0.15, 0.2) is 0 Å². The first-order valence-electron chi connectivity index (χ1n) is 9.43. The van der Waals surface area contributed by atoms with Gasteiger partial charge in [0, 0.05) is 29.1 Å². The fourth-order valence-electron chi connectivity index (χ4n) is 2.75. The molecule has 0 unspecified atom stereocenters. The van der Waals surface area contributed by atoms with Crippen molar-refractivity contribution in [2.45, 2.75) is 4.90 Å². The van der Waals surface area contributed by atoms with Crippen molar-refractivity contribution in [3.63, 3.8) is 0 Å². The molecule has 0 radical (unpaired) electrons. The molecule has 0 aromatic heterocycles. The molecular formula is C21H16ClN5O6S. The maximum Gasteiger partial charge on any atom is 0.295 e. The molecular weight excluding hydrogens is 486 g/mol. The monoisotopic (exact) mass is 501 g/mol. The van der Waals surface area contributed by atoms with E-state index >= 15 is 0 Å². The van der Waals surface area contributed by atoms with Crippen molar-refractivity contribution < 1.29 is 18.3 Å². The zero-order chi connectivity index (χ0) is 24.7. The Morgan fingerprint density at radius 2 is 1.59 bits per heavy atom. The molecule has 0 aliphatic carbocycles. The van der Waals surface area contributed by atoms with Gasteiger partial charge >= 0.3 is 0 Å². The predicted octanol–water partition coefficient (Wildman–Crippen LogP) is 5.07. The maximum atomic E-state index is 12.6. The number of rotatable bonds is 9. The first-order valence-corrected chi connectivity index (χ1v) is 11.3. The van der Waals surface area contributed by atoms with Gasteiger partial charge in [0.2, 0.25) is 0 Å². The quantitative estimate of drug-likeness (QED) is 0.235. The lowest BCUT2D eigenvalue weighted by atomic mass is 10.2. The van der Waals surface area contributed by atoms with E-state index in [9.17, 15) is 28.6 Å². The summed E-state index contributed by atoms with van der Waals surface area (Å²) in [6.45, 7) is 0. The summed E-state index contributed by atoms with van der Waals surface area (Å²) in [5, 5.41) is 26.7. The summed E-state index contributed by atoms with van der Waals surface area (Å²) in [5.74, 6) is 0. The molecule has 0 atom stereocenters. The van der Waals surface area contributed by atoms with Crippen molar-refractivity contribution >= 4 is 56.7 Å². The van der Waals surface area contributed by atoms with Crippen LogP contribution in [0.2, 0.25) is 5.02 Å². The van der Waals surface area contributed by atoms with Gasteiger partial charge in [-0.05, 0) is 54.6 Å². The van der Waals surface area contributed by atoms with E-state index in [1.165, 1.54) is 60.8 Å². The van der Waals surface area contributed by atoms with Gasteiger partial charge in [-0.25, -0.2) is 8.42 Å². The van der Waals surface area contributed by atoms with Crippen LogP contribution in [0.3, 0.4) is 0 Å². The van der Waals surface area contributed by atoms with Crippen LogP contribution >= 0.6 is 11.6 Å². The second-order valence-corrected chi connectivity index (χ2v) is 8.73. The van der Waals surface area contributed by atoms with Crippen molar-refractivity contribution in [1.29, 1.82) is 0 Å². The molecule has 3 rings (SSSR count). The fourth-order valence-corrected chi connectivity index (χ4v) is 3.95. The topological polar surface area (TPSA) is 157 Å². The Labute approximate surface area is 198 Å². The van der Waals surface area contributed by atoms with Crippen LogP contribution in [0.1, 0.15) is 5.56 Å². The Bertz CT molecular complexity index is 1390. The summed E-state index contributed by atoms with van der Waals surface area (Å²) in [5.41, 5.74) is 2.41. The zero-order valence-electron chi connectivity index (χ0n) is 17.2. The number of allylic oxidation sites excluding steroid dienone is 1. The largest absolute Gasteiger partial charge is 0.295 e. The molecule has 0 saturated heterocycles. The molecule has 0 aliphatic rings. The van der Waals surface area contributed by atoms with Crippen LogP contribution in [0.5, 0.6) is 0 Å². The van der Waals surface area contributed by atoms with Crippen molar-refractivity contribution in [2.24, 2.45) is 5.10 Å². The second kappa shape index (κ2) is 10.6. The molecule has 3 aromatic rings. The number of nitrogens with one attached hydrogen (secondary N) is 2. The summed E-state index contributed by atoms with van der Waals surface area (Å²) >= 11 is 5.78. The third-order valence-electron chi connectivity index (χ3n) is 4.33. The highest BCUT2D eigenvalue weighted by Gasteiger charge is 2.21. The molecule has 0 saturated carbocycles. The Morgan fingerprint density at radius 1 is 0.912 bits per heavy atom. The van der Waals surface area contributed by atoms with Gasteiger partial charge in [0.25, 0.3) is 21.4 Å². The molecule has 174 valence electrons. The average molecular weight is 502 g/mol. The van der Waals surface area contributed by atoms with E-state index in [0.29, 0.717) is 10.6 Å². The van der Waals surface area contributed by atoms with Crippen LogP contribution in [-0.4, -0.2) is 24.5 Å². The summed E-state index contributed by atoms with van der Waals surface area (Å²) in [7, 11) is -4.10. The summed E-state index contributed by atoms with van der Waals surface area (Å²) < 4.78 is 27.5. The number of anilines is 2. The predicted molar refractivity (Wildman–Crippen MR) is 130 cm³/mol. The fraction of sp³-hybridized carbons (Fsp3) is 0. The van der Waals surface area contributed by atoms with Crippen molar-refractivity contribution in [3.8, 4) is 0 Å². The van der Waals surface area contributed by atoms with Gasteiger partial charge in [-0.15, -0.1) is 0 Å². The Morgan fingerprint density at radius 3 is 2.26 bits per heavy atom. The minimum absolute atomic E-state index is 0.0502. The Hall–Kier alpha value is -4.29.